The molecule has 35 heavy (non-hydrogen) atoms. The number of piperazine rings is 1. The molecular weight excluding hydrogens is 452 g/mol. The predicted molar refractivity (Wildman–Crippen MR) is 144 cm³/mol. The summed E-state index contributed by atoms with van der Waals surface area (Å²) in [6, 6.07) is 8.18. The molecule has 5 nitrogen and oxygen atoms in total. The van der Waals surface area contributed by atoms with Crippen LogP contribution in [0.25, 0.3) is 10.2 Å². The summed E-state index contributed by atoms with van der Waals surface area (Å²) in [7, 11) is 0. The molecule has 6 heteroatoms. The van der Waals surface area contributed by atoms with Crippen LogP contribution in [0.4, 0.5) is 5.82 Å². The van der Waals surface area contributed by atoms with Gasteiger partial charge < -0.3 is 9.80 Å². The summed E-state index contributed by atoms with van der Waals surface area (Å²) in [5.41, 5.74) is 3.65. The number of aryl methyl sites for hydroxylation is 2. The van der Waals surface area contributed by atoms with Crippen LogP contribution in [-0.4, -0.2) is 47.0 Å². The minimum Gasteiger partial charge on any atom is -0.352 e. The molecule has 0 unspecified atom stereocenters. The van der Waals surface area contributed by atoms with Gasteiger partial charge in [-0.1, -0.05) is 39.3 Å². The molecule has 1 aliphatic heterocycles. The average molecular weight is 489 g/mol. The third-order valence-corrected chi connectivity index (χ3v) is 9.06. The summed E-state index contributed by atoms with van der Waals surface area (Å²) in [4.78, 5) is 30.6. The van der Waals surface area contributed by atoms with Gasteiger partial charge in [-0.05, 0) is 67.2 Å². The van der Waals surface area contributed by atoms with E-state index in [1.807, 2.05) is 28.4 Å². The van der Waals surface area contributed by atoms with Gasteiger partial charge in [-0.2, -0.15) is 0 Å². The molecule has 3 aromatic rings. The Hall–Kier alpha value is -2.47. The average Bonchev–Trinajstić information content (AvgIpc) is 3.68. The first-order valence-electron chi connectivity index (χ1n) is 13.4. The number of hydrogen-bond acceptors (Lipinski definition) is 5. The smallest absolute Gasteiger partial charge is 0.253 e. The molecule has 0 bridgehead atoms. The molecular formula is C29H36N4OS. The Morgan fingerprint density at radius 3 is 2.34 bits per heavy atom. The molecule has 2 aromatic heterocycles. The van der Waals surface area contributed by atoms with Crippen LogP contribution >= 0.6 is 11.3 Å². The molecule has 0 radical (unpaired) electrons. The Kier molecular flexibility index (Phi) is 5.82. The topological polar surface area (TPSA) is 49.3 Å². The van der Waals surface area contributed by atoms with E-state index >= 15 is 0 Å². The number of fused-ring (bicyclic) bond motifs is 3. The summed E-state index contributed by atoms with van der Waals surface area (Å²) >= 11 is 1.91. The van der Waals surface area contributed by atoms with Crippen molar-refractivity contribution in [3.05, 3.63) is 51.7 Å². The summed E-state index contributed by atoms with van der Waals surface area (Å²) in [5.74, 6) is 2.86. The molecule has 6 rings (SSSR count). The van der Waals surface area contributed by atoms with Crippen LogP contribution in [0, 0.1) is 0 Å². The fourth-order valence-corrected chi connectivity index (χ4v) is 6.76. The van der Waals surface area contributed by atoms with Crippen LogP contribution in [0.2, 0.25) is 0 Å². The molecule has 2 aliphatic carbocycles. The zero-order valence-corrected chi connectivity index (χ0v) is 22.1. The van der Waals surface area contributed by atoms with Crippen LogP contribution in [0.3, 0.4) is 0 Å². The number of carbonyl (C=O) groups excluding carboxylic acids is 1. The summed E-state index contributed by atoms with van der Waals surface area (Å²) < 4.78 is 0. The van der Waals surface area contributed by atoms with Gasteiger partial charge in [0.25, 0.3) is 5.91 Å². The Labute approximate surface area is 212 Å². The van der Waals surface area contributed by atoms with Crippen molar-refractivity contribution in [2.75, 3.05) is 31.1 Å². The van der Waals surface area contributed by atoms with E-state index in [9.17, 15) is 4.79 Å². The van der Waals surface area contributed by atoms with Crippen molar-refractivity contribution in [3.8, 4) is 0 Å². The van der Waals surface area contributed by atoms with Gasteiger partial charge in [0.05, 0.1) is 5.39 Å². The molecule has 1 aromatic carbocycles. The lowest BCUT2D eigenvalue weighted by Crippen LogP contribution is -2.49. The van der Waals surface area contributed by atoms with Crippen LogP contribution in [0.15, 0.2) is 24.3 Å². The van der Waals surface area contributed by atoms with Crippen molar-refractivity contribution in [2.45, 2.75) is 77.0 Å². The van der Waals surface area contributed by atoms with Gasteiger partial charge in [-0.25, -0.2) is 9.97 Å². The number of aromatic nitrogens is 2. The lowest BCUT2D eigenvalue weighted by atomic mass is 9.86. The highest BCUT2D eigenvalue weighted by atomic mass is 32.1. The van der Waals surface area contributed by atoms with E-state index in [4.69, 9.17) is 9.97 Å². The third kappa shape index (κ3) is 4.46. The van der Waals surface area contributed by atoms with Crippen LogP contribution in [-0.2, 0) is 18.3 Å². The molecule has 0 atom stereocenters. The van der Waals surface area contributed by atoms with Crippen LogP contribution in [0.5, 0.6) is 0 Å². The van der Waals surface area contributed by atoms with Gasteiger partial charge in [0, 0.05) is 42.5 Å². The number of benzene rings is 1. The SMILES string of the molecule is CC(C)(C)c1ccc(C(=O)N2CCN(c3nc(C4CC4)nc4sc5c(c34)CCCCC5)CC2)cc1. The Bertz CT molecular complexity index is 1240. The first-order valence-corrected chi connectivity index (χ1v) is 14.2. The lowest BCUT2D eigenvalue weighted by molar-refractivity contribution is 0.0746. The number of hydrogen-bond donors (Lipinski definition) is 0. The van der Waals surface area contributed by atoms with Crippen LogP contribution < -0.4 is 4.90 Å². The monoisotopic (exact) mass is 488 g/mol. The van der Waals surface area contributed by atoms with Gasteiger partial charge in [0.1, 0.15) is 16.5 Å². The normalized spacial score (nSPS) is 19.1. The maximum atomic E-state index is 13.2. The Morgan fingerprint density at radius 2 is 1.66 bits per heavy atom. The maximum absolute atomic E-state index is 13.2. The highest BCUT2D eigenvalue weighted by Gasteiger charge is 2.32. The highest BCUT2D eigenvalue weighted by Crippen LogP contribution is 2.44. The minimum atomic E-state index is 0.0925. The minimum absolute atomic E-state index is 0.0925. The first-order chi connectivity index (χ1) is 16.9. The third-order valence-electron chi connectivity index (χ3n) is 7.87. The molecule has 1 saturated carbocycles. The van der Waals surface area contributed by atoms with Gasteiger partial charge in [0.2, 0.25) is 0 Å². The van der Waals surface area contributed by atoms with Crippen molar-refractivity contribution < 1.29 is 4.79 Å². The maximum Gasteiger partial charge on any atom is 0.253 e. The second kappa shape index (κ2) is 8.88. The Morgan fingerprint density at radius 1 is 0.943 bits per heavy atom. The molecule has 1 amide bonds. The van der Waals surface area contributed by atoms with Gasteiger partial charge in [-0.3, -0.25) is 4.79 Å². The van der Waals surface area contributed by atoms with E-state index in [-0.39, 0.29) is 11.3 Å². The highest BCUT2D eigenvalue weighted by molar-refractivity contribution is 7.19. The number of anilines is 1. The molecule has 0 N–H and O–H groups in total. The molecule has 2 fully saturated rings. The summed E-state index contributed by atoms with van der Waals surface area (Å²) in [5, 5.41) is 1.31. The van der Waals surface area contributed by atoms with E-state index in [0.717, 1.165) is 49.8 Å². The zero-order chi connectivity index (χ0) is 24.2. The van der Waals surface area contributed by atoms with E-state index in [1.54, 1.807) is 0 Å². The molecule has 0 spiro atoms. The van der Waals surface area contributed by atoms with E-state index in [0.29, 0.717) is 5.92 Å². The number of amides is 1. The van der Waals surface area contributed by atoms with Gasteiger partial charge >= 0.3 is 0 Å². The van der Waals surface area contributed by atoms with E-state index < -0.39 is 0 Å². The van der Waals surface area contributed by atoms with Crippen LogP contribution in [0.1, 0.15) is 91.0 Å². The zero-order valence-electron chi connectivity index (χ0n) is 21.3. The molecule has 3 heterocycles. The van der Waals surface area contributed by atoms with Gasteiger partial charge in [0.15, 0.2) is 0 Å². The fourth-order valence-electron chi connectivity index (χ4n) is 5.50. The van der Waals surface area contributed by atoms with Crippen molar-refractivity contribution >= 4 is 33.3 Å². The van der Waals surface area contributed by atoms with Crippen molar-refractivity contribution in [1.29, 1.82) is 0 Å². The standard InChI is InChI=1S/C29H36N4OS/c1-29(2,3)21-13-11-20(12-14-21)28(34)33-17-15-32(16-18-33)26-24-22-7-5-4-6-8-23(22)35-27(24)31-25(30-26)19-9-10-19/h11-14,19H,4-10,15-18H2,1-3H3. The number of thiophene rings is 1. The van der Waals surface area contributed by atoms with E-state index in [1.165, 1.54) is 64.7 Å². The van der Waals surface area contributed by atoms with Crippen molar-refractivity contribution in [3.63, 3.8) is 0 Å². The second-order valence-electron chi connectivity index (χ2n) is 11.5. The molecule has 3 aliphatic rings. The number of rotatable bonds is 3. The molecule has 184 valence electrons. The molecule has 1 saturated heterocycles. The van der Waals surface area contributed by atoms with Gasteiger partial charge in [-0.15, -0.1) is 11.3 Å². The number of nitrogens with zero attached hydrogens (tertiary/aromatic N) is 4. The number of carbonyl (C=O) groups is 1. The lowest BCUT2D eigenvalue weighted by Gasteiger charge is -2.36. The quantitative estimate of drug-likeness (QED) is 0.418. The summed E-state index contributed by atoms with van der Waals surface area (Å²) in [6.45, 7) is 9.72. The second-order valence-corrected chi connectivity index (χ2v) is 12.6. The summed E-state index contributed by atoms with van der Waals surface area (Å²) in [6.07, 6.45) is 8.63. The van der Waals surface area contributed by atoms with E-state index in [2.05, 4.69) is 37.8 Å². The van der Waals surface area contributed by atoms with Crippen molar-refractivity contribution in [1.82, 2.24) is 14.9 Å². The van der Waals surface area contributed by atoms with Crippen molar-refractivity contribution in [2.24, 2.45) is 0 Å². The largest absolute Gasteiger partial charge is 0.352 e. The first kappa shape index (κ1) is 23.0. The fraction of sp³-hybridized carbons (Fsp3) is 0.552. The predicted octanol–water partition coefficient (Wildman–Crippen LogP) is 6.10. The Balaban J connectivity index is 1.24.